The van der Waals surface area contributed by atoms with Crippen LogP contribution in [0.5, 0.6) is 0 Å². The maximum absolute atomic E-state index is 12.2. The minimum absolute atomic E-state index is 0.197. The van der Waals surface area contributed by atoms with Crippen molar-refractivity contribution in [2.24, 2.45) is 5.92 Å². The van der Waals surface area contributed by atoms with E-state index in [0.29, 0.717) is 23.0 Å². The summed E-state index contributed by atoms with van der Waals surface area (Å²) in [6.45, 7) is 6.46. The Kier molecular flexibility index (Phi) is 6.30. The molecule has 1 aromatic carbocycles. The number of hydrogen-bond acceptors (Lipinski definition) is 3. The SMILES string of the molecule is Cc1cc(Cl)c(N)cc1S(=O)(=O)NCCCCC(C)C. The van der Waals surface area contributed by atoms with Crippen LogP contribution in [0.2, 0.25) is 5.02 Å². The van der Waals surface area contributed by atoms with E-state index in [1.807, 2.05) is 0 Å². The molecule has 0 spiro atoms. The quantitative estimate of drug-likeness (QED) is 0.598. The van der Waals surface area contributed by atoms with Crippen LogP contribution in [-0.2, 0) is 10.0 Å². The van der Waals surface area contributed by atoms with Gasteiger partial charge in [0.2, 0.25) is 10.0 Å². The lowest BCUT2D eigenvalue weighted by molar-refractivity contribution is 0.530. The van der Waals surface area contributed by atoms with Gasteiger partial charge in [0, 0.05) is 6.54 Å². The normalized spacial score (nSPS) is 12.1. The molecule has 0 atom stereocenters. The van der Waals surface area contributed by atoms with Crippen molar-refractivity contribution in [2.75, 3.05) is 12.3 Å². The molecule has 0 fully saturated rings. The molecule has 1 aromatic rings. The molecular weight excluding hydrogens is 296 g/mol. The minimum atomic E-state index is -3.52. The van der Waals surface area contributed by atoms with Gasteiger partial charge in [-0.25, -0.2) is 13.1 Å². The predicted octanol–water partition coefficient (Wildman–Crippen LogP) is 3.34. The molecule has 1 rings (SSSR count). The summed E-state index contributed by atoms with van der Waals surface area (Å²) in [5, 5.41) is 0.374. The summed E-state index contributed by atoms with van der Waals surface area (Å²) < 4.78 is 27.0. The molecule has 6 heteroatoms. The standard InChI is InChI=1S/C14H23ClN2O2S/c1-10(2)6-4-5-7-17-20(18,19)14-9-13(16)12(15)8-11(14)3/h8-10,17H,4-7,16H2,1-3H3. The maximum atomic E-state index is 12.2. The molecule has 3 N–H and O–H groups in total. The smallest absolute Gasteiger partial charge is 0.240 e. The van der Waals surface area contributed by atoms with Gasteiger partial charge in [0.15, 0.2) is 0 Å². The molecular formula is C14H23ClN2O2S. The van der Waals surface area contributed by atoms with Gasteiger partial charge >= 0.3 is 0 Å². The molecule has 0 aliphatic rings. The lowest BCUT2D eigenvalue weighted by atomic mass is 10.1. The van der Waals surface area contributed by atoms with Gasteiger partial charge in [0.1, 0.15) is 0 Å². The maximum Gasteiger partial charge on any atom is 0.240 e. The third-order valence-electron chi connectivity index (χ3n) is 3.08. The highest BCUT2D eigenvalue weighted by Gasteiger charge is 2.17. The first-order valence-corrected chi connectivity index (χ1v) is 8.65. The van der Waals surface area contributed by atoms with Crippen molar-refractivity contribution in [3.8, 4) is 0 Å². The zero-order valence-electron chi connectivity index (χ0n) is 12.2. The largest absolute Gasteiger partial charge is 0.397 e. The lowest BCUT2D eigenvalue weighted by Crippen LogP contribution is -2.25. The zero-order chi connectivity index (χ0) is 15.3. The fraction of sp³-hybridized carbons (Fsp3) is 0.571. The van der Waals surface area contributed by atoms with Crippen LogP contribution in [0.25, 0.3) is 0 Å². The summed E-state index contributed by atoms with van der Waals surface area (Å²) in [6, 6.07) is 2.98. The monoisotopic (exact) mass is 318 g/mol. The number of aryl methyl sites for hydroxylation is 1. The molecule has 0 saturated heterocycles. The van der Waals surface area contributed by atoms with Crippen LogP contribution < -0.4 is 10.5 Å². The Balaban J connectivity index is 2.68. The number of nitrogens with one attached hydrogen (secondary N) is 1. The second-order valence-corrected chi connectivity index (χ2v) is 7.57. The van der Waals surface area contributed by atoms with Crippen LogP contribution in [0.1, 0.15) is 38.7 Å². The highest BCUT2D eigenvalue weighted by Crippen LogP contribution is 2.26. The summed E-state index contributed by atoms with van der Waals surface area (Å²) in [5.74, 6) is 0.643. The molecule has 0 saturated carbocycles. The molecule has 0 amide bonds. The third-order valence-corrected chi connectivity index (χ3v) is 5.01. The second-order valence-electron chi connectivity index (χ2n) is 5.43. The van der Waals surface area contributed by atoms with Crippen LogP contribution in [0.3, 0.4) is 0 Å². The summed E-state index contributed by atoms with van der Waals surface area (Å²) in [6.07, 6.45) is 2.95. The number of rotatable bonds is 7. The van der Waals surface area contributed by atoms with Crippen LogP contribution in [0, 0.1) is 12.8 Å². The van der Waals surface area contributed by atoms with E-state index in [1.54, 1.807) is 13.0 Å². The van der Waals surface area contributed by atoms with Crippen molar-refractivity contribution in [2.45, 2.75) is 44.9 Å². The molecule has 0 aliphatic heterocycles. The van der Waals surface area contributed by atoms with Crippen molar-refractivity contribution in [1.82, 2.24) is 4.72 Å². The van der Waals surface area contributed by atoms with E-state index in [2.05, 4.69) is 18.6 Å². The van der Waals surface area contributed by atoms with Crippen LogP contribution in [0.15, 0.2) is 17.0 Å². The number of anilines is 1. The lowest BCUT2D eigenvalue weighted by Gasteiger charge is -2.11. The van der Waals surface area contributed by atoms with Gasteiger partial charge in [-0.15, -0.1) is 0 Å². The highest BCUT2D eigenvalue weighted by atomic mass is 35.5. The number of hydrogen-bond donors (Lipinski definition) is 2. The van der Waals surface area contributed by atoms with Crippen LogP contribution >= 0.6 is 11.6 Å². The van der Waals surface area contributed by atoms with Crippen LogP contribution in [0.4, 0.5) is 5.69 Å². The van der Waals surface area contributed by atoms with Gasteiger partial charge in [-0.2, -0.15) is 0 Å². The first-order chi connectivity index (χ1) is 9.24. The van der Waals surface area contributed by atoms with Gasteiger partial charge in [-0.05, 0) is 37.0 Å². The molecule has 0 heterocycles. The van der Waals surface area contributed by atoms with Crippen molar-refractivity contribution >= 4 is 27.3 Å². The molecule has 0 aliphatic carbocycles. The van der Waals surface area contributed by atoms with E-state index in [0.717, 1.165) is 19.3 Å². The second kappa shape index (κ2) is 7.29. The van der Waals surface area contributed by atoms with Crippen molar-refractivity contribution in [1.29, 1.82) is 0 Å². The summed E-state index contributed by atoms with van der Waals surface area (Å²) in [4.78, 5) is 0.197. The van der Waals surface area contributed by atoms with E-state index in [9.17, 15) is 8.42 Å². The summed E-state index contributed by atoms with van der Waals surface area (Å²) in [5.41, 5.74) is 6.54. The minimum Gasteiger partial charge on any atom is -0.397 e. The Labute approximate surface area is 126 Å². The van der Waals surface area contributed by atoms with E-state index >= 15 is 0 Å². The fourth-order valence-electron chi connectivity index (χ4n) is 1.92. The van der Waals surface area contributed by atoms with Gasteiger partial charge in [-0.1, -0.05) is 38.3 Å². The number of sulfonamides is 1. The zero-order valence-corrected chi connectivity index (χ0v) is 13.8. The fourth-order valence-corrected chi connectivity index (χ4v) is 3.47. The molecule has 0 aromatic heterocycles. The number of nitrogen functional groups attached to an aromatic ring is 1. The topological polar surface area (TPSA) is 72.2 Å². The Morgan fingerprint density at radius 2 is 1.95 bits per heavy atom. The predicted molar refractivity (Wildman–Crippen MR) is 84.5 cm³/mol. The third kappa shape index (κ3) is 4.96. The number of unbranched alkanes of at least 4 members (excludes halogenated alkanes) is 1. The number of benzene rings is 1. The first kappa shape index (κ1) is 17.3. The number of nitrogens with two attached hydrogens (primary N) is 1. The van der Waals surface area contributed by atoms with E-state index in [-0.39, 0.29) is 10.6 Å². The number of halogens is 1. The average molecular weight is 319 g/mol. The van der Waals surface area contributed by atoms with Gasteiger partial charge in [-0.3, -0.25) is 0 Å². The molecule has 0 unspecified atom stereocenters. The molecule has 114 valence electrons. The van der Waals surface area contributed by atoms with Crippen LogP contribution in [-0.4, -0.2) is 15.0 Å². The van der Waals surface area contributed by atoms with Gasteiger partial charge in [0.05, 0.1) is 15.6 Å². The van der Waals surface area contributed by atoms with Gasteiger partial charge < -0.3 is 5.73 Å². The molecule has 20 heavy (non-hydrogen) atoms. The molecule has 0 radical (unpaired) electrons. The Hall–Kier alpha value is -0.780. The van der Waals surface area contributed by atoms with E-state index in [4.69, 9.17) is 17.3 Å². The Morgan fingerprint density at radius 1 is 1.30 bits per heavy atom. The van der Waals surface area contributed by atoms with Crippen molar-refractivity contribution in [3.05, 3.63) is 22.7 Å². The molecule has 0 bridgehead atoms. The summed E-state index contributed by atoms with van der Waals surface area (Å²) in [7, 11) is -3.52. The first-order valence-electron chi connectivity index (χ1n) is 6.79. The highest BCUT2D eigenvalue weighted by molar-refractivity contribution is 7.89. The van der Waals surface area contributed by atoms with E-state index in [1.165, 1.54) is 6.07 Å². The average Bonchev–Trinajstić information content (AvgIpc) is 2.32. The van der Waals surface area contributed by atoms with Crippen molar-refractivity contribution < 1.29 is 8.42 Å². The Bertz CT molecular complexity index is 557. The van der Waals surface area contributed by atoms with E-state index < -0.39 is 10.0 Å². The van der Waals surface area contributed by atoms with Crippen molar-refractivity contribution in [3.63, 3.8) is 0 Å². The molecule has 4 nitrogen and oxygen atoms in total. The van der Waals surface area contributed by atoms with Gasteiger partial charge in [0.25, 0.3) is 0 Å². The Morgan fingerprint density at radius 3 is 2.55 bits per heavy atom. The summed E-state index contributed by atoms with van der Waals surface area (Å²) >= 11 is 5.87.